The van der Waals surface area contributed by atoms with Crippen molar-refractivity contribution in [2.45, 2.75) is 12.8 Å². The summed E-state index contributed by atoms with van der Waals surface area (Å²) in [7, 11) is 0. The first kappa shape index (κ1) is 13.0. The molecule has 0 spiro atoms. The average molecular weight is 268 g/mol. The van der Waals surface area contributed by atoms with Gasteiger partial charge in [-0.3, -0.25) is 14.5 Å². The van der Waals surface area contributed by atoms with Crippen molar-refractivity contribution in [2.75, 3.05) is 19.8 Å². The number of aliphatic carboxylic acids is 1. The number of nitrogens with one attached hydrogen (secondary N) is 1. The van der Waals surface area contributed by atoms with Crippen LogP contribution in [0.4, 0.5) is 0 Å². The Morgan fingerprint density at radius 1 is 1.44 bits per heavy atom. The van der Waals surface area contributed by atoms with E-state index in [1.54, 1.807) is 6.07 Å². The highest BCUT2D eigenvalue weighted by Gasteiger charge is 2.24. The van der Waals surface area contributed by atoms with Crippen LogP contribution in [0.5, 0.6) is 0 Å². The van der Waals surface area contributed by atoms with Crippen molar-refractivity contribution < 1.29 is 14.7 Å². The lowest BCUT2D eigenvalue weighted by Crippen LogP contribution is -2.43. The van der Waals surface area contributed by atoms with Crippen molar-refractivity contribution in [2.24, 2.45) is 5.92 Å². The van der Waals surface area contributed by atoms with E-state index in [1.165, 1.54) is 11.3 Å². The molecule has 6 heteroatoms. The number of carboxylic acid groups (broad SMARTS) is 1. The number of carboxylic acids is 1. The quantitative estimate of drug-likeness (QED) is 0.862. The molecule has 1 saturated heterocycles. The molecule has 1 amide bonds. The van der Waals surface area contributed by atoms with Gasteiger partial charge in [0.05, 0.1) is 17.5 Å². The smallest absolute Gasteiger partial charge is 0.306 e. The normalized spacial score (nSPS) is 17.6. The maximum atomic E-state index is 11.7. The SMILES string of the molecule is O=C(NCN1CCC(C(=O)O)CC1)c1cccs1. The van der Waals surface area contributed by atoms with Gasteiger partial charge in [0.1, 0.15) is 0 Å². The predicted octanol–water partition coefficient (Wildman–Crippen LogP) is 1.23. The van der Waals surface area contributed by atoms with Gasteiger partial charge in [-0.1, -0.05) is 6.07 Å². The minimum atomic E-state index is -0.711. The molecule has 0 bridgehead atoms. The minimum Gasteiger partial charge on any atom is -0.481 e. The number of rotatable bonds is 4. The topological polar surface area (TPSA) is 69.6 Å². The summed E-state index contributed by atoms with van der Waals surface area (Å²) in [5.74, 6) is -1.00. The van der Waals surface area contributed by atoms with Crippen LogP contribution in [-0.2, 0) is 4.79 Å². The number of carbonyl (C=O) groups excluding carboxylic acids is 1. The van der Waals surface area contributed by atoms with E-state index >= 15 is 0 Å². The van der Waals surface area contributed by atoms with E-state index in [1.807, 2.05) is 11.4 Å². The first-order valence-electron chi connectivity index (χ1n) is 5.93. The van der Waals surface area contributed by atoms with Gasteiger partial charge in [0.15, 0.2) is 0 Å². The molecule has 2 rings (SSSR count). The zero-order valence-corrected chi connectivity index (χ0v) is 10.8. The fraction of sp³-hybridized carbons (Fsp3) is 0.500. The van der Waals surface area contributed by atoms with Crippen LogP contribution in [-0.4, -0.2) is 41.6 Å². The number of hydrogen-bond acceptors (Lipinski definition) is 4. The first-order chi connectivity index (χ1) is 8.66. The second kappa shape index (κ2) is 5.97. The predicted molar refractivity (Wildman–Crippen MR) is 68.6 cm³/mol. The van der Waals surface area contributed by atoms with Crippen LogP contribution in [0.2, 0.25) is 0 Å². The number of hydrogen-bond donors (Lipinski definition) is 2. The number of carbonyl (C=O) groups is 2. The van der Waals surface area contributed by atoms with E-state index in [2.05, 4.69) is 10.2 Å². The molecular formula is C12H16N2O3S. The summed E-state index contributed by atoms with van der Waals surface area (Å²) in [6, 6.07) is 3.63. The first-order valence-corrected chi connectivity index (χ1v) is 6.81. The van der Waals surface area contributed by atoms with Crippen LogP contribution in [0.1, 0.15) is 22.5 Å². The largest absolute Gasteiger partial charge is 0.481 e. The zero-order chi connectivity index (χ0) is 13.0. The summed E-state index contributed by atoms with van der Waals surface area (Å²) in [6.07, 6.45) is 1.31. The Morgan fingerprint density at radius 2 is 2.17 bits per heavy atom. The molecule has 0 saturated carbocycles. The lowest BCUT2D eigenvalue weighted by atomic mass is 9.97. The van der Waals surface area contributed by atoms with Gasteiger partial charge in [0.2, 0.25) is 0 Å². The molecule has 1 aromatic heterocycles. The summed E-state index contributed by atoms with van der Waals surface area (Å²) in [5, 5.41) is 13.6. The van der Waals surface area contributed by atoms with Crippen molar-refractivity contribution in [1.29, 1.82) is 0 Å². The molecular weight excluding hydrogens is 252 g/mol. The molecule has 18 heavy (non-hydrogen) atoms. The van der Waals surface area contributed by atoms with Crippen molar-refractivity contribution >= 4 is 23.2 Å². The maximum Gasteiger partial charge on any atom is 0.306 e. The molecule has 1 aromatic rings. The van der Waals surface area contributed by atoms with E-state index < -0.39 is 5.97 Å². The van der Waals surface area contributed by atoms with E-state index in [-0.39, 0.29) is 11.8 Å². The van der Waals surface area contributed by atoms with Gasteiger partial charge in [-0.05, 0) is 24.3 Å². The van der Waals surface area contributed by atoms with E-state index in [0.717, 1.165) is 13.1 Å². The van der Waals surface area contributed by atoms with Crippen LogP contribution in [0, 0.1) is 5.92 Å². The van der Waals surface area contributed by atoms with Crippen molar-refractivity contribution in [3.63, 3.8) is 0 Å². The summed E-state index contributed by atoms with van der Waals surface area (Å²) in [5.41, 5.74) is 0. The van der Waals surface area contributed by atoms with Gasteiger partial charge in [-0.15, -0.1) is 11.3 Å². The third-order valence-corrected chi connectivity index (χ3v) is 4.01. The molecule has 0 aliphatic carbocycles. The number of thiophene rings is 1. The van der Waals surface area contributed by atoms with Gasteiger partial charge in [-0.25, -0.2) is 0 Å². The monoisotopic (exact) mass is 268 g/mol. The highest BCUT2D eigenvalue weighted by molar-refractivity contribution is 7.12. The number of piperidine rings is 1. The highest BCUT2D eigenvalue weighted by Crippen LogP contribution is 2.16. The fourth-order valence-electron chi connectivity index (χ4n) is 2.02. The standard InChI is InChI=1S/C12H16N2O3S/c15-11(10-2-1-7-18-10)13-8-14-5-3-9(4-6-14)12(16)17/h1-2,7,9H,3-6,8H2,(H,13,15)(H,16,17). The van der Waals surface area contributed by atoms with Gasteiger partial charge >= 0.3 is 5.97 Å². The molecule has 1 fully saturated rings. The molecule has 0 atom stereocenters. The maximum absolute atomic E-state index is 11.7. The van der Waals surface area contributed by atoms with Crippen LogP contribution >= 0.6 is 11.3 Å². The lowest BCUT2D eigenvalue weighted by molar-refractivity contribution is -0.143. The van der Waals surface area contributed by atoms with Gasteiger partial charge in [0, 0.05) is 13.1 Å². The van der Waals surface area contributed by atoms with E-state index in [4.69, 9.17) is 5.11 Å². The molecule has 2 N–H and O–H groups in total. The molecule has 0 aromatic carbocycles. The Labute approximate surface area is 109 Å². The van der Waals surface area contributed by atoms with Crippen molar-refractivity contribution in [3.8, 4) is 0 Å². The van der Waals surface area contributed by atoms with Gasteiger partial charge < -0.3 is 10.4 Å². The van der Waals surface area contributed by atoms with Crippen molar-refractivity contribution in [3.05, 3.63) is 22.4 Å². The van der Waals surface area contributed by atoms with Crippen LogP contribution in [0.25, 0.3) is 0 Å². The molecule has 5 nitrogen and oxygen atoms in total. The third-order valence-electron chi connectivity index (χ3n) is 3.15. The molecule has 2 heterocycles. The number of likely N-dealkylation sites (tertiary alicyclic amines) is 1. The summed E-state index contributed by atoms with van der Waals surface area (Å²) >= 11 is 1.41. The van der Waals surface area contributed by atoms with E-state index in [0.29, 0.717) is 24.4 Å². The minimum absolute atomic E-state index is 0.0645. The summed E-state index contributed by atoms with van der Waals surface area (Å²) < 4.78 is 0. The molecule has 0 radical (unpaired) electrons. The van der Waals surface area contributed by atoms with Gasteiger partial charge in [-0.2, -0.15) is 0 Å². The zero-order valence-electron chi connectivity index (χ0n) is 9.96. The summed E-state index contributed by atoms with van der Waals surface area (Å²) in [6.45, 7) is 1.94. The van der Waals surface area contributed by atoms with Crippen LogP contribution < -0.4 is 5.32 Å². The molecule has 0 unspecified atom stereocenters. The summed E-state index contributed by atoms with van der Waals surface area (Å²) in [4.78, 5) is 25.3. The van der Waals surface area contributed by atoms with Crippen molar-refractivity contribution in [1.82, 2.24) is 10.2 Å². The number of nitrogens with zero attached hydrogens (tertiary/aromatic N) is 1. The second-order valence-corrected chi connectivity index (χ2v) is 5.32. The number of amides is 1. The Kier molecular flexibility index (Phi) is 4.33. The Hall–Kier alpha value is -1.40. The third kappa shape index (κ3) is 3.30. The fourth-order valence-corrected chi connectivity index (χ4v) is 2.66. The Bertz CT molecular complexity index is 411. The Morgan fingerprint density at radius 3 is 2.72 bits per heavy atom. The van der Waals surface area contributed by atoms with Crippen LogP contribution in [0.15, 0.2) is 17.5 Å². The molecule has 1 aliphatic rings. The van der Waals surface area contributed by atoms with Gasteiger partial charge in [0.25, 0.3) is 5.91 Å². The second-order valence-electron chi connectivity index (χ2n) is 4.37. The lowest BCUT2D eigenvalue weighted by Gasteiger charge is -2.29. The Balaban J connectivity index is 1.72. The molecule has 98 valence electrons. The highest BCUT2D eigenvalue weighted by atomic mass is 32.1. The van der Waals surface area contributed by atoms with Crippen LogP contribution in [0.3, 0.4) is 0 Å². The van der Waals surface area contributed by atoms with E-state index in [9.17, 15) is 9.59 Å². The molecule has 1 aliphatic heterocycles. The average Bonchev–Trinajstić information content (AvgIpc) is 2.90.